The van der Waals surface area contributed by atoms with Gasteiger partial charge in [0.1, 0.15) is 0 Å². The topological polar surface area (TPSA) is 89.5 Å². The van der Waals surface area contributed by atoms with E-state index in [1.807, 2.05) is 0 Å². The molecule has 156 valence electrons. The lowest BCUT2D eigenvalue weighted by atomic mass is 10.1. The minimum atomic E-state index is -4.57. The Morgan fingerprint density at radius 2 is 1.76 bits per heavy atom. The highest BCUT2D eigenvalue weighted by Gasteiger charge is 2.30. The molecule has 2 rings (SSSR count). The number of aryl methyl sites for hydroxylation is 1. The molecule has 0 fully saturated rings. The number of halogens is 3. The van der Waals surface area contributed by atoms with Crippen molar-refractivity contribution in [1.82, 2.24) is 0 Å². The predicted molar refractivity (Wildman–Crippen MR) is 99.2 cm³/mol. The molecule has 0 spiro atoms. The van der Waals surface area contributed by atoms with Gasteiger partial charge in [-0.25, -0.2) is 13.2 Å². The van der Waals surface area contributed by atoms with Gasteiger partial charge in [-0.05, 0) is 49.7 Å². The highest BCUT2D eigenvalue weighted by Crippen LogP contribution is 2.30. The number of carbonyl (C=O) groups is 2. The summed E-state index contributed by atoms with van der Waals surface area (Å²) in [4.78, 5) is 24.5. The Morgan fingerprint density at radius 1 is 1.10 bits per heavy atom. The number of benzene rings is 2. The summed E-state index contributed by atoms with van der Waals surface area (Å²) in [6.45, 7) is 2.81. The van der Waals surface area contributed by atoms with Crippen LogP contribution in [0.2, 0.25) is 0 Å². The van der Waals surface area contributed by atoms with E-state index in [4.69, 9.17) is 4.74 Å². The second-order valence-corrected chi connectivity index (χ2v) is 8.38. The molecule has 6 nitrogen and oxygen atoms in total. The van der Waals surface area contributed by atoms with E-state index in [0.717, 1.165) is 30.5 Å². The normalized spacial score (nSPS) is 12.9. The average molecular weight is 429 g/mol. The summed E-state index contributed by atoms with van der Waals surface area (Å²) in [5, 5.41) is 2.25. The van der Waals surface area contributed by atoms with Gasteiger partial charge in [-0.15, -0.1) is 0 Å². The molecule has 1 unspecified atom stereocenters. The number of hydrogen-bond acceptors (Lipinski definition) is 5. The Bertz CT molecular complexity index is 1050. The van der Waals surface area contributed by atoms with E-state index in [1.54, 1.807) is 6.92 Å². The second kappa shape index (κ2) is 8.24. The van der Waals surface area contributed by atoms with E-state index in [0.29, 0.717) is 5.56 Å². The van der Waals surface area contributed by atoms with Crippen molar-refractivity contribution >= 4 is 27.4 Å². The largest absolute Gasteiger partial charge is 0.449 e. The van der Waals surface area contributed by atoms with Crippen molar-refractivity contribution in [3.05, 3.63) is 59.2 Å². The Balaban J connectivity index is 2.13. The molecule has 29 heavy (non-hydrogen) atoms. The number of nitrogens with one attached hydrogen (secondary N) is 1. The fourth-order valence-corrected chi connectivity index (χ4v) is 2.99. The highest BCUT2D eigenvalue weighted by atomic mass is 32.2. The number of hydrogen-bond donors (Lipinski definition) is 1. The quantitative estimate of drug-likeness (QED) is 0.734. The summed E-state index contributed by atoms with van der Waals surface area (Å²) in [6.07, 6.45) is -4.92. The van der Waals surface area contributed by atoms with E-state index in [2.05, 4.69) is 5.32 Å². The first-order valence-corrected chi connectivity index (χ1v) is 10.2. The van der Waals surface area contributed by atoms with Crippen molar-refractivity contribution in [2.45, 2.75) is 31.0 Å². The molecular formula is C19H18F3NO5S. The number of sulfone groups is 1. The molecule has 1 N–H and O–H groups in total. The smallest absolute Gasteiger partial charge is 0.416 e. The molecule has 0 aromatic heterocycles. The van der Waals surface area contributed by atoms with Crippen LogP contribution in [0.25, 0.3) is 0 Å². The van der Waals surface area contributed by atoms with Crippen LogP contribution in [0.4, 0.5) is 18.9 Å². The van der Waals surface area contributed by atoms with E-state index in [-0.39, 0.29) is 16.1 Å². The first kappa shape index (κ1) is 22.4. The third-order valence-corrected chi connectivity index (χ3v) is 5.08. The molecule has 0 radical (unpaired) electrons. The van der Waals surface area contributed by atoms with E-state index in [9.17, 15) is 31.2 Å². The Kier molecular flexibility index (Phi) is 6.37. The van der Waals surface area contributed by atoms with Crippen LogP contribution in [-0.4, -0.2) is 32.7 Å². The lowest BCUT2D eigenvalue weighted by Gasteiger charge is -2.15. The third-order valence-electron chi connectivity index (χ3n) is 3.97. The van der Waals surface area contributed by atoms with Crippen LogP contribution in [0.15, 0.2) is 47.4 Å². The van der Waals surface area contributed by atoms with Gasteiger partial charge in [-0.1, -0.05) is 12.1 Å². The van der Waals surface area contributed by atoms with Gasteiger partial charge in [0.15, 0.2) is 15.9 Å². The molecule has 0 bridgehead atoms. The molecule has 10 heteroatoms. The zero-order chi connectivity index (χ0) is 22.0. The van der Waals surface area contributed by atoms with Crippen molar-refractivity contribution in [1.29, 1.82) is 0 Å². The Labute approximate surface area is 165 Å². The van der Waals surface area contributed by atoms with Gasteiger partial charge in [0.05, 0.1) is 16.0 Å². The summed E-state index contributed by atoms with van der Waals surface area (Å²) in [5.41, 5.74) is -0.643. The maximum atomic E-state index is 12.8. The Morgan fingerprint density at radius 3 is 2.34 bits per heavy atom. The number of carbonyl (C=O) groups excluding carboxylic acids is 2. The van der Waals surface area contributed by atoms with Crippen molar-refractivity contribution in [3.8, 4) is 0 Å². The fraction of sp³-hybridized carbons (Fsp3) is 0.263. The molecule has 0 aliphatic heterocycles. The van der Waals surface area contributed by atoms with Crippen molar-refractivity contribution in [3.63, 3.8) is 0 Å². The summed E-state index contributed by atoms with van der Waals surface area (Å²) < 4.78 is 66.6. The number of alkyl halides is 3. The molecular weight excluding hydrogens is 411 g/mol. The first-order chi connectivity index (χ1) is 13.3. The number of ether oxygens (including phenoxy) is 1. The fourth-order valence-electron chi connectivity index (χ4n) is 2.35. The standard InChI is InChI=1S/C19H18F3NO5S/c1-11-7-8-15(29(3,26)27)10-16(11)18(25)28-12(2)17(24)23-14-6-4-5-13(9-14)19(20,21)22/h4-10,12H,1-3H3,(H,23,24). The molecule has 0 heterocycles. The lowest BCUT2D eigenvalue weighted by Crippen LogP contribution is -2.30. The molecule has 2 aromatic rings. The number of amides is 1. The first-order valence-electron chi connectivity index (χ1n) is 8.29. The minimum Gasteiger partial charge on any atom is -0.449 e. The van der Waals surface area contributed by atoms with Gasteiger partial charge in [-0.2, -0.15) is 13.2 Å². The third kappa shape index (κ3) is 5.80. The van der Waals surface area contributed by atoms with Gasteiger partial charge in [-0.3, -0.25) is 4.79 Å². The molecule has 0 saturated heterocycles. The zero-order valence-corrected chi connectivity index (χ0v) is 16.5. The highest BCUT2D eigenvalue weighted by molar-refractivity contribution is 7.90. The molecule has 0 aliphatic carbocycles. The summed E-state index contributed by atoms with van der Waals surface area (Å²) in [7, 11) is -3.56. The van der Waals surface area contributed by atoms with Crippen LogP contribution >= 0.6 is 0 Å². The van der Waals surface area contributed by atoms with Crippen LogP contribution in [0, 0.1) is 6.92 Å². The molecule has 2 aromatic carbocycles. The maximum absolute atomic E-state index is 12.8. The molecule has 0 aliphatic rings. The monoisotopic (exact) mass is 429 g/mol. The molecule has 1 atom stereocenters. The molecule has 1 amide bonds. The van der Waals surface area contributed by atoms with Crippen molar-refractivity contribution in [2.24, 2.45) is 0 Å². The minimum absolute atomic E-state index is 0.0355. The lowest BCUT2D eigenvalue weighted by molar-refractivity contribution is -0.137. The number of rotatable bonds is 5. The van der Waals surface area contributed by atoms with E-state index < -0.39 is 39.6 Å². The molecule has 0 saturated carbocycles. The summed E-state index contributed by atoms with van der Waals surface area (Å²) in [5.74, 6) is -1.77. The van der Waals surface area contributed by atoms with E-state index in [1.165, 1.54) is 25.1 Å². The number of esters is 1. The Hall–Kier alpha value is -2.88. The predicted octanol–water partition coefficient (Wildman–Crippen LogP) is 3.60. The van der Waals surface area contributed by atoms with Gasteiger partial charge in [0.25, 0.3) is 5.91 Å². The SMILES string of the molecule is Cc1ccc(S(C)(=O)=O)cc1C(=O)OC(C)C(=O)Nc1cccc(C(F)(F)F)c1. The van der Waals surface area contributed by atoms with Gasteiger partial charge in [0.2, 0.25) is 0 Å². The number of anilines is 1. The summed E-state index contributed by atoms with van der Waals surface area (Å²) in [6, 6.07) is 7.93. The van der Waals surface area contributed by atoms with E-state index >= 15 is 0 Å². The van der Waals surface area contributed by atoms with Crippen LogP contribution in [0.3, 0.4) is 0 Å². The van der Waals surface area contributed by atoms with Gasteiger partial charge in [0, 0.05) is 11.9 Å². The van der Waals surface area contributed by atoms with Crippen LogP contribution in [0.5, 0.6) is 0 Å². The van der Waals surface area contributed by atoms with Crippen molar-refractivity contribution < 1.29 is 35.9 Å². The van der Waals surface area contributed by atoms with Crippen LogP contribution < -0.4 is 5.32 Å². The zero-order valence-electron chi connectivity index (χ0n) is 15.7. The average Bonchev–Trinajstić information content (AvgIpc) is 2.60. The maximum Gasteiger partial charge on any atom is 0.416 e. The van der Waals surface area contributed by atoms with Gasteiger partial charge < -0.3 is 10.1 Å². The van der Waals surface area contributed by atoms with Crippen LogP contribution in [-0.2, 0) is 25.5 Å². The van der Waals surface area contributed by atoms with Gasteiger partial charge >= 0.3 is 12.1 Å². The second-order valence-electron chi connectivity index (χ2n) is 6.36. The van der Waals surface area contributed by atoms with Crippen LogP contribution in [0.1, 0.15) is 28.4 Å². The summed E-state index contributed by atoms with van der Waals surface area (Å²) >= 11 is 0. The van der Waals surface area contributed by atoms with Crippen molar-refractivity contribution in [2.75, 3.05) is 11.6 Å².